The Hall–Kier alpha value is -3.35. The number of carbonyl (C=O) groups is 3. The molecule has 0 bridgehead atoms. The Morgan fingerprint density at radius 1 is 1.00 bits per heavy atom. The van der Waals surface area contributed by atoms with Crippen molar-refractivity contribution < 1.29 is 19.1 Å². The predicted molar refractivity (Wildman–Crippen MR) is 92.9 cm³/mol. The molecular formula is C18H19N3O4. The highest BCUT2D eigenvalue weighted by atomic mass is 16.5. The number of hydrogen-bond acceptors (Lipinski definition) is 4. The third kappa shape index (κ3) is 4.81. The summed E-state index contributed by atoms with van der Waals surface area (Å²) < 4.78 is 5.42. The molecule has 0 saturated carbocycles. The maximum absolute atomic E-state index is 12.4. The summed E-state index contributed by atoms with van der Waals surface area (Å²) in [5.41, 5.74) is 6.32. The second-order valence-corrected chi connectivity index (χ2v) is 5.50. The highest BCUT2D eigenvalue weighted by Crippen LogP contribution is 2.21. The van der Waals surface area contributed by atoms with Gasteiger partial charge in [-0.3, -0.25) is 4.79 Å². The topological polar surface area (TPSA) is 102 Å². The average Bonchev–Trinajstić information content (AvgIpc) is 2.59. The molecule has 130 valence electrons. The van der Waals surface area contributed by atoms with Gasteiger partial charge in [-0.05, 0) is 24.3 Å². The largest absolute Gasteiger partial charge is 0.444 e. The molecule has 0 aromatic heterocycles. The minimum absolute atomic E-state index is 0.252. The average molecular weight is 341 g/mol. The van der Waals surface area contributed by atoms with Gasteiger partial charge in [-0.15, -0.1) is 0 Å². The highest BCUT2D eigenvalue weighted by molar-refractivity contribution is 5.94. The summed E-state index contributed by atoms with van der Waals surface area (Å²) in [6, 6.07) is 14.1. The van der Waals surface area contributed by atoms with Gasteiger partial charge in [0.25, 0.3) is 5.91 Å². The van der Waals surface area contributed by atoms with Gasteiger partial charge in [-0.1, -0.05) is 30.3 Å². The maximum atomic E-state index is 12.4. The van der Waals surface area contributed by atoms with E-state index in [0.717, 1.165) is 0 Å². The first-order valence-electron chi connectivity index (χ1n) is 7.52. The molecule has 0 aliphatic carbocycles. The van der Waals surface area contributed by atoms with Gasteiger partial charge in [0.05, 0.1) is 5.56 Å². The number of urea groups is 1. The number of hydrogen-bond donors (Lipinski definition) is 2. The van der Waals surface area contributed by atoms with Crippen molar-refractivity contribution in [3.8, 4) is 0 Å². The van der Waals surface area contributed by atoms with E-state index in [4.69, 9.17) is 10.5 Å². The number of amides is 3. The summed E-state index contributed by atoms with van der Waals surface area (Å²) in [6.45, 7) is 0. The van der Waals surface area contributed by atoms with Crippen LogP contribution in [0.25, 0.3) is 0 Å². The van der Waals surface area contributed by atoms with Gasteiger partial charge in [0.15, 0.2) is 0 Å². The predicted octanol–water partition coefficient (Wildman–Crippen LogP) is 2.16. The molecule has 1 atom stereocenters. The van der Waals surface area contributed by atoms with Crippen molar-refractivity contribution in [1.29, 1.82) is 0 Å². The highest BCUT2D eigenvalue weighted by Gasteiger charge is 2.26. The van der Waals surface area contributed by atoms with Gasteiger partial charge in [-0.2, -0.15) is 0 Å². The number of carbonyl (C=O) groups excluding carboxylic acids is 3. The van der Waals surface area contributed by atoms with Crippen LogP contribution in [0.5, 0.6) is 0 Å². The molecule has 0 aliphatic rings. The number of primary amides is 1. The molecule has 0 heterocycles. The Morgan fingerprint density at radius 2 is 1.60 bits per heavy atom. The van der Waals surface area contributed by atoms with Crippen molar-refractivity contribution in [2.24, 2.45) is 5.73 Å². The first kappa shape index (κ1) is 18.0. The van der Waals surface area contributed by atoms with Crippen LogP contribution in [0.2, 0.25) is 0 Å². The maximum Gasteiger partial charge on any atom is 0.339 e. The zero-order valence-corrected chi connectivity index (χ0v) is 13.9. The van der Waals surface area contributed by atoms with Gasteiger partial charge < -0.3 is 20.7 Å². The van der Waals surface area contributed by atoms with Crippen molar-refractivity contribution in [3.05, 3.63) is 65.7 Å². The molecule has 2 aromatic carbocycles. The SMILES string of the molecule is CN(C)C(=O)C(OC(=O)c1ccc(NC(N)=O)cc1)c1ccccc1. The molecule has 0 aliphatic heterocycles. The second-order valence-electron chi connectivity index (χ2n) is 5.50. The van der Waals surface area contributed by atoms with Gasteiger partial charge in [0.1, 0.15) is 0 Å². The van der Waals surface area contributed by atoms with E-state index in [9.17, 15) is 14.4 Å². The molecule has 0 fully saturated rings. The number of nitrogens with one attached hydrogen (secondary N) is 1. The van der Waals surface area contributed by atoms with E-state index in [0.29, 0.717) is 11.3 Å². The molecule has 7 heteroatoms. The van der Waals surface area contributed by atoms with E-state index >= 15 is 0 Å². The molecule has 0 radical (unpaired) electrons. The monoisotopic (exact) mass is 341 g/mol. The lowest BCUT2D eigenvalue weighted by Gasteiger charge is -2.21. The third-order valence-corrected chi connectivity index (χ3v) is 3.38. The van der Waals surface area contributed by atoms with E-state index in [1.807, 2.05) is 6.07 Å². The summed E-state index contributed by atoms with van der Waals surface area (Å²) in [4.78, 5) is 36.9. The molecule has 3 amide bonds. The fraction of sp³-hybridized carbons (Fsp3) is 0.167. The molecule has 0 saturated heterocycles. The molecule has 0 spiro atoms. The van der Waals surface area contributed by atoms with Gasteiger partial charge in [0, 0.05) is 25.3 Å². The van der Waals surface area contributed by atoms with Crippen LogP contribution >= 0.6 is 0 Å². The lowest BCUT2D eigenvalue weighted by Crippen LogP contribution is -2.31. The quantitative estimate of drug-likeness (QED) is 0.814. The summed E-state index contributed by atoms with van der Waals surface area (Å²) in [7, 11) is 3.19. The Bertz CT molecular complexity index is 758. The minimum Gasteiger partial charge on any atom is -0.444 e. The molecule has 2 rings (SSSR count). The van der Waals surface area contributed by atoms with Gasteiger partial charge in [-0.25, -0.2) is 9.59 Å². The van der Waals surface area contributed by atoms with Crippen LogP contribution in [-0.2, 0) is 9.53 Å². The van der Waals surface area contributed by atoms with Crippen LogP contribution in [0.1, 0.15) is 22.0 Å². The number of benzene rings is 2. The van der Waals surface area contributed by atoms with Crippen LogP contribution < -0.4 is 11.1 Å². The zero-order chi connectivity index (χ0) is 18.4. The van der Waals surface area contributed by atoms with Crippen molar-refractivity contribution in [2.45, 2.75) is 6.10 Å². The lowest BCUT2D eigenvalue weighted by molar-refractivity contribution is -0.138. The number of esters is 1. The van der Waals surface area contributed by atoms with Gasteiger partial charge in [0.2, 0.25) is 6.10 Å². The molecule has 2 aromatic rings. The fourth-order valence-electron chi connectivity index (χ4n) is 2.13. The number of anilines is 1. The molecule has 1 unspecified atom stereocenters. The van der Waals surface area contributed by atoms with Crippen molar-refractivity contribution in [3.63, 3.8) is 0 Å². The van der Waals surface area contributed by atoms with E-state index in [1.54, 1.807) is 38.4 Å². The summed E-state index contributed by atoms with van der Waals surface area (Å²) in [6.07, 6.45) is -1.04. The third-order valence-electron chi connectivity index (χ3n) is 3.38. The van der Waals surface area contributed by atoms with E-state index in [-0.39, 0.29) is 11.5 Å². The van der Waals surface area contributed by atoms with Crippen molar-refractivity contribution >= 4 is 23.6 Å². The van der Waals surface area contributed by atoms with E-state index < -0.39 is 18.1 Å². The van der Waals surface area contributed by atoms with E-state index in [1.165, 1.54) is 29.2 Å². The zero-order valence-electron chi connectivity index (χ0n) is 13.9. The lowest BCUT2D eigenvalue weighted by atomic mass is 10.1. The smallest absolute Gasteiger partial charge is 0.339 e. The molecule has 3 N–H and O–H groups in total. The van der Waals surface area contributed by atoms with E-state index in [2.05, 4.69) is 5.32 Å². The number of likely N-dealkylation sites (N-methyl/N-ethyl adjacent to an activating group) is 1. The molecule has 25 heavy (non-hydrogen) atoms. The van der Waals surface area contributed by atoms with Crippen LogP contribution in [0.4, 0.5) is 10.5 Å². The Morgan fingerprint density at radius 3 is 2.12 bits per heavy atom. The summed E-state index contributed by atoms with van der Waals surface area (Å²) in [5, 5.41) is 2.40. The normalized spacial score (nSPS) is 11.3. The first-order chi connectivity index (χ1) is 11.9. The minimum atomic E-state index is -1.04. The Balaban J connectivity index is 2.19. The molecule has 7 nitrogen and oxygen atoms in total. The first-order valence-corrected chi connectivity index (χ1v) is 7.52. The van der Waals surface area contributed by atoms with Crippen LogP contribution in [0, 0.1) is 0 Å². The number of nitrogens with zero attached hydrogens (tertiary/aromatic N) is 1. The van der Waals surface area contributed by atoms with Gasteiger partial charge >= 0.3 is 12.0 Å². The Kier molecular flexibility index (Phi) is 5.73. The fourth-order valence-corrected chi connectivity index (χ4v) is 2.13. The summed E-state index contributed by atoms with van der Waals surface area (Å²) >= 11 is 0. The summed E-state index contributed by atoms with van der Waals surface area (Å²) in [5.74, 6) is -0.985. The van der Waals surface area contributed by atoms with Crippen LogP contribution in [0.15, 0.2) is 54.6 Å². The van der Waals surface area contributed by atoms with Crippen molar-refractivity contribution in [1.82, 2.24) is 4.90 Å². The second kappa shape index (κ2) is 7.96. The van der Waals surface area contributed by atoms with Crippen LogP contribution in [0.3, 0.4) is 0 Å². The number of ether oxygens (including phenoxy) is 1. The number of rotatable bonds is 5. The Labute approximate surface area is 145 Å². The van der Waals surface area contributed by atoms with Crippen molar-refractivity contribution in [2.75, 3.05) is 19.4 Å². The van der Waals surface area contributed by atoms with Crippen LogP contribution in [-0.4, -0.2) is 36.9 Å². The molecular weight excluding hydrogens is 322 g/mol. The standard InChI is InChI=1S/C18H19N3O4/c1-21(2)16(22)15(12-6-4-3-5-7-12)25-17(23)13-8-10-14(11-9-13)20-18(19)24/h3-11,15H,1-2H3,(H3,19,20,24). The number of nitrogens with two attached hydrogens (primary N) is 1.